The minimum atomic E-state index is -1.09. The molecule has 21 heavy (non-hydrogen) atoms. The van der Waals surface area contributed by atoms with Crippen LogP contribution in [0.25, 0.3) is 0 Å². The van der Waals surface area contributed by atoms with Crippen molar-refractivity contribution in [2.75, 3.05) is 6.61 Å². The summed E-state index contributed by atoms with van der Waals surface area (Å²) in [6.07, 6.45) is 2.60. The standard InChI is InChI=1S/C16H20O5/c1-14(2)12(18)11(10-8-20-15(3,4)21-10)16(13(14)19)6-5-9(17)7-16/h5-6,10-11H,7-8H2,1-4H3/t10-,11+,16+/m0/s1. The molecule has 1 aliphatic heterocycles. The van der Waals surface area contributed by atoms with E-state index in [4.69, 9.17) is 9.47 Å². The van der Waals surface area contributed by atoms with Crippen molar-refractivity contribution in [3.8, 4) is 0 Å². The molecule has 0 aromatic carbocycles. The molecule has 3 atom stereocenters. The van der Waals surface area contributed by atoms with E-state index in [0.717, 1.165) is 0 Å². The SMILES string of the molecule is CC1(C)OC[C@@H]([C@@H]2C(=O)C(C)(C)C(=O)[C@@]23C=CC(=O)C3)O1. The van der Waals surface area contributed by atoms with Gasteiger partial charge in [0.05, 0.1) is 29.5 Å². The van der Waals surface area contributed by atoms with E-state index >= 15 is 0 Å². The van der Waals surface area contributed by atoms with Gasteiger partial charge in [-0.2, -0.15) is 0 Å². The van der Waals surface area contributed by atoms with Gasteiger partial charge >= 0.3 is 0 Å². The van der Waals surface area contributed by atoms with E-state index in [1.165, 1.54) is 6.08 Å². The van der Waals surface area contributed by atoms with Crippen molar-refractivity contribution >= 4 is 17.3 Å². The van der Waals surface area contributed by atoms with E-state index in [-0.39, 0.29) is 30.4 Å². The molecule has 1 heterocycles. The van der Waals surface area contributed by atoms with E-state index in [0.29, 0.717) is 0 Å². The van der Waals surface area contributed by atoms with Crippen molar-refractivity contribution in [3.63, 3.8) is 0 Å². The molecule has 0 aromatic heterocycles. The van der Waals surface area contributed by atoms with Crippen molar-refractivity contribution in [1.29, 1.82) is 0 Å². The van der Waals surface area contributed by atoms with Gasteiger partial charge in [-0.25, -0.2) is 0 Å². The lowest BCUT2D eigenvalue weighted by Crippen LogP contribution is -2.41. The Bertz CT molecular complexity index is 571. The minimum Gasteiger partial charge on any atom is -0.348 e. The molecule has 1 saturated carbocycles. The largest absolute Gasteiger partial charge is 0.348 e. The number of hydrogen-bond donors (Lipinski definition) is 0. The van der Waals surface area contributed by atoms with Crippen LogP contribution in [0.4, 0.5) is 0 Å². The predicted octanol–water partition coefficient (Wildman–Crippen LogP) is 1.45. The lowest BCUT2D eigenvalue weighted by atomic mass is 9.73. The lowest BCUT2D eigenvalue weighted by Gasteiger charge is -2.30. The molecule has 0 aromatic rings. The Balaban J connectivity index is 2.05. The van der Waals surface area contributed by atoms with Crippen molar-refractivity contribution in [1.82, 2.24) is 0 Å². The zero-order valence-corrected chi connectivity index (χ0v) is 12.8. The maximum atomic E-state index is 12.8. The molecule has 0 unspecified atom stereocenters. The van der Waals surface area contributed by atoms with Crippen molar-refractivity contribution < 1.29 is 23.9 Å². The molecule has 0 radical (unpaired) electrons. The second kappa shape index (κ2) is 4.11. The van der Waals surface area contributed by atoms with Gasteiger partial charge in [0, 0.05) is 6.42 Å². The maximum Gasteiger partial charge on any atom is 0.163 e. The quantitative estimate of drug-likeness (QED) is 0.684. The van der Waals surface area contributed by atoms with Crippen LogP contribution in [0.3, 0.4) is 0 Å². The van der Waals surface area contributed by atoms with E-state index in [1.54, 1.807) is 33.8 Å². The highest BCUT2D eigenvalue weighted by Gasteiger charge is 2.67. The van der Waals surface area contributed by atoms with Gasteiger partial charge in [0.25, 0.3) is 0 Å². The van der Waals surface area contributed by atoms with Gasteiger partial charge in [-0.3, -0.25) is 14.4 Å². The molecule has 5 nitrogen and oxygen atoms in total. The van der Waals surface area contributed by atoms with Crippen molar-refractivity contribution in [3.05, 3.63) is 12.2 Å². The second-order valence-corrected chi connectivity index (χ2v) is 7.18. The number of carbonyl (C=O) groups excluding carboxylic acids is 3. The first-order chi connectivity index (χ1) is 9.60. The lowest BCUT2D eigenvalue weighted by molar-refractivity contribution is -0.154. The minimum absolute atomic E-state index is 0.0615. The highest BCUT2D eigenvalue weighted by Crippen LogP contribution is 2.55. The summed E-state index contributed by atoms with van der Waals surface area (Å²) in [6.45, 7) is 7.09. The molecule has 5 heteroatoms. The Labute approximate surface area is 123 Å². The van der Waals surface area contributed by atoms with Crippen LogP contribution in [0.2, 0.25) is 0 Å². The van der Waals surface area contributed by atoms with E-state index < -0.39 is 28.6 Å². The summed E-state index contributed by atoms with van der Waals surface area (Å²) >= 11 is 0. The van der Waals surface area contributed by atoms with E-state index in [9.17, 15) is 14.4 Å². The summed E-state index contributed by atoms with van der Waals surface area (Å²) in [5.41, 5.74) is -2.14. The smallest absolute Gasteiger partial charge is 0.163 e. The third kappa shape index (κ3) is 1.87. The number of rotatable bonds is 1. The molecule has 3 rings (SSSR count). The Morgan fingerprint density at radius 3 is 2.29 bits per heavy atom. The maximum absolute atomic E-state index is 12.8. The molecule has 3 aliphatic rings. The van der Waals surface area contributed by atoms with Gasteiger partial charge in [0.1, 0.15) is 0 Å². The molecular formula is C16H20O5. The molecular weight excluding hydrogens is 272 g/mol. The van der Waals surface area contributed by atoms with Crippen LogP contribution in [0.5, 0.6) is 0 Å². The van der Waals surface area contributed by atoms with Gasteiger partial charge in [0.15, 0.2) is 23.1 Å². The Morgan fingerprint density at radius 2 is 1.81 bits per heavy atom. The third-order valence-corrected chi connectivity index (χ3v) is 4.88. The van der Waals surface area contributed by atoms with E-state index in [1.807, 2.05) is 0 Å². The average molecular weight is 292 g/mol. The fourth-order valence-corrected chi connectivity index (χ4v) is 3.86. The summed E-state index contributed by atoms with van der Waals surface area (Å²) < 4.78 is 11.4. The Kier molecular flexibility index (Phi) is 2.86. The van der Waals surface area contributed by atoms with Crippen LogP contribution >= 0.6 is 0 Å². The number of hydrogen-bond acceptors (Lipinski definition) is 5. The molecule has 0 N–H and O–H groups in total. The van der Waals surface area contributed by atoms with Gasteiger partial charge < -0.3 is 9.47 Å². The van der Waals surface area contributed by atoms with Crippen LogP contribution in [-0.4, -0.2) is 35.8 Å². The normalized spacial score (nSPS) is 40.7. The first-order valence-electron chi connectivity index (χ1n) is 7.23. The molecule has 2 aliphatic carbocycles. The first kappa shape index (κ1) is 14.6. The molecule has 1 saturated heterocycles. The van der Waals surface area contributed by atoms with Gasteiger partial charge in [-0.1, -0.05) is 6.08 Å². The van der Waals surface area contributed by atoms with Gasteiger partial charge in [0.2, 0.25) is 0 Å². The van der Waals surface area contributed by atoms with Crippen LogP contribution in [0.1, 0.15) is 34.1 Å². The number of carbonyl (C=O) groups is 3. The predicted molar refractivity (Wildman–Crippen MR) is 73.4 cm³/mol. The van der Waals surface area contributed by atoms with Crippen LogP contribution in [-0.2, 0) is 23.9 Å². The van der Waals surface area contributed by atoms with Crippen molar-refractivity contribution in [2.45, 2.75) is 46.0 Å². The highest BCUT2D eigenvalue weighted by atomic mass is 16.7. The number of allylic oxidation sites excluding steroid dienone is 2. The van der Waals surface area contributed by atoms with Gasteiger partial charge in [-0.05, 0) is 33.8 Å². The molecule has 114 valence electrons. The summed E-state index contributed by atoms with van der Waals surface area (Å²) in [7, 11) is 0. The molecule has 0 bridgehead atoms. The van der Waals surface area contributed by atoms with Crippen molar-refractivity contribution in [2.24, 2.45) is 16.7 Å². The summed E-state index contributed by atoms with van der Waals surface area (Å²) in [5.74, 6) is -1.87. The number of ether oxygens (including phenoxy) is 2. The fraction of sp³-hybridized carbons (Fsp3) is 0.688. The molecule has 0 amide bonds. The fourth-order valence-electron chi connectivity index (χ4n) is 3.86. The Morgan fingerprint density at radius 1 is 1.14 bits per heavy atom. The third-order valence-electron chi connectivity index (χ3n) is 4.88. The zero-order chi connectivity index (χ0) is 15.6. The summed E-state index contributed by atoms with van der Waals surface area (Å²) in [5, 5.41) is 0. The first-order valence-corrected chi connectivity index (χ1v) is 7.23. The second-order valence-electron chi connectivity index (χ2n) is 7.18. The average Bonchev–Trinajstić information content (AvgIpc) is 2.96. The van der Waals surface area contributed by atoms with Crippen LogP contribution in [0, 0.1) is 16.7 Å². The van der Waals surface area contributed by atoms with Gasteiger partial charge in [-0.15, -0.1) is 0 Å². The molecule has 2 fully saturated rings. The zero-order valence-electron chi connectivity index (χ0n) is 12.8. The summed E-state index contributed by atoms with van der Waals surface area (Å²) in [6, 6.07) is 0. The van der Waals surface area contributed by atoms with E-state index in [2.05, 4.69) is 0 Å². The monoisotopic (exact) mass is 292 g/mol. The summed E-state index contributed by atoms with van der Waals surface area (Å²) in [4.78, 5) is 37.3. The highest BCUT2D eigenvalue weighted by molar-refractivity contribution is 6.20. The van der Waals surface area contributed by atoms with Crippen LogP contribution < -0.4 is 0 Å². The Hall–Kier alpha value is -1.33. The van der Waals surface area contributed by atoms with Crippen LogP contribution in [0.15, 0.2) is 12.2 Å². The number of ketones is 3. The molecule has 1 spiro atoms. The topological polar surface area (TPSA) is 69.7 Å². The number of Topliss-reactive ketones (excluding diaryl/α,β-unsaturated/α-hetero) is 2.